The third-order valence-electron chi connectivity index (χ3n) is 3.03. The number of amides is 2. The molecule has 11 heteroatoms. The van der Waals surface area contributed by atoms with E-state index in [1.807, 2.05) is 7.05 Å². The van der Waals surface area contributed by atoms with Gasteiger partial charge in [-0.3, -0.25) is 10.1 Å². The fourth-order valence-corrected chi connectivity index (χ4v) is 2.47. The second-order valence-electron chi connectivity index (χ2n) is 4.86. The molecule has 0 atom stereocenters. The van der Waals surface area contributed by atoms with Crippen LogP contribution in [0.25, 0.3) is 0 Å². The average molecular weight is 410 g/mol. The second-order valence-corrected chi connectivity index (χ2v) is 5.64. The summed E-state index contributed by atoms with van der Waals surface area (Å²) >= 11 is 12.0. The average Bonchev–Trinajstić information content (AvgIpc) is 2.93. The number of phenolic OH excluding ortho intramolecular Hbond substituents is 1. The Morgan fingerprint density at radius 2 is 2.04 bits per heavy atom. The van der Waals surface area contributed by atoms with E-state index >= 15 is 0 Å². The zero-order chi connectivity index (χ0) is 17.9. The van der Waals surface area contributed by atoms with E-state index in [9.17, 15) is 14.7 Å². The summed E-state index contributed by atoms with van der Waals surface area (Å²) in [6, 6.07) is 1.28. The van der Waals surface area contributed by atoms with Crippen LogP contribution in [0.2, 0.25) is 10.0 Å². The molecule has 2 amide bonds. The molecule has 2 aromatic rings. The van der Waals surface area contributed by atoms with E-state index in [0.29, 0.717) is 0 Å². The summed E-state index contributed by atoms with van der Waals surface area (Å²) in [7, 11) is 3.00. The van der Waals surface area contributed by atoms with Crippen LogP contribution in [0.15, 0.2) is 24.8 Å². The van der Waals surface area contributed by atoms with Gasteiger partial charge in [0.1, 0.15) is 17.4 Å². The first-order valence-corrected chi connectivity index (χ1v) is 7.44. The molecular formula is C14H15Cl3N4O4. The molecule has 1 heterocycles. The van der Waals surface area contributed by atoms with E-state index in [1.165, 1.54) is 13.2 Å². The number of anilines is 2. The highest BCUT2D eigenvalue weighted by Crippen LogP contribution is 2.42. The summed E-state index contributed by atoms with van der Waals surface area (Å²) in [5, 5.41) is 14.7. The number of benzene rings is 1. The Hall–Kier alpha value is -2.16. The minimum atomic E-state index is -0.796. The smallest absolute Gasteiger partial charge is 0.411 e. The minimum Gasteiger partial charge on any atom is -1.00 e. The molecule has 0 aliphatic rings. The summed E-state index contributed by atoms with van der Waals surface area (Å²) in [5.74, 6) is -0.804. The summed E-state index contributed by atoms with van der Waals surface area (Å²) in [6.07, 6.45) is 4.44. The highest BCUT2D eigenvalue weighted by atomic mass is 35.5. The van der Waals surface area contributed by atoms with E-state index in [4.69, 9.17) is 23.2 Å². The van der Waals surface area contributed by atoms with Crippen molar-refractivity contribution < 1.29 is 36.4 Å². The predicted octanol–water partition coefficient (Wildman–Crippen LogP) is -0.854. The first-order valence-electron chi connectivity index (χ1n) is 6.68. The number of hydrogen-bond donors (Lipinski definition) is 3. The van der Waals surface area contributed by atoms with Crippen molar-refractivity contribution in [2.45, 2.75) is 6.54 Å². The molecule has 0 radical (unpaired) electrons. The van der Waals surface area contributed by atoms with Gasteiger partial charge in [0.2, 0.25) is 6.33 Å². The van der Waals surface area contributed by atoms with E-state index in [-0.39, 0.29) is 46.3 Å². The van der Waals surface area contributed by atoms with Crippen LogP contribution in [-0.2, 0) is 23.1 Å². The normalized spacial score (nSPS) is 9.92. The topological polar surface area (TPSA) is 96.5 Å². The van der Waals surface area contributed by atoms with Crippen molar-refractivity contribution in [3.05, 3.63) is 34.8 Å². The molecule has 0 saturated heterocycles. The van der Waals surface area contributed by atoms with Gasteiger partial charge in [-0.05, 0) is 6.07 Å². The molecule has 0 aliphatic carbocycles. The number of imidazole rings is 1. The van der Waals surface area contributed by atoms with Gasteiger partial charge < -0.3 is 27.6 Å². The van der Waals surface area contributed by atoms with Crippen molar-refractivity contribution in [3.63, 3.8) is 0 Å². The number of aromatic hydroxyl groups is 1. The third kappa shape index (κ3) is 5.15. The van der Waals surface area contributed by atoms with Gasteiger partial charge >= 0.3 is 6.09 Å². The zero-order valence-corrected chi connectivity index (χ0v) is 15.5. The standard InChI is InChI=1S/C14H14Cl2N4O4.ClH/c1-19-3-4-20(7-19)6-10(21)17-9-5-8(15)12(11(16)13(9)22)18-14(23)24-2;/h3-5,7H,6H2,1-2H3,(H2-,17,18,21,22,23);1H. The van der Waals surface area contributed by atoms with Crippen LogP contribution in [0.4, 0.5) is 16.2 Å². The Morgan fingerprint density at radius 3 is 2.60 bits per heavy atom. The Morgan fingerprint density at radius 1 is 1.36 bits per heavy atom. The second kappa shape index (κ2) is 8.80. The minimum absolute atomic E-state index is 0. The van der Waals surface area contributed by atoms with Crippen LogP contribution >= 0.6 is 23.2 Å². The molecule has 0 aliphatic heterocycles. The first kappa shape index (κ1) is 20.9. The number of hydrogen-bond acceptors (Lipinski definition) is 4. The van der Waals surface area contributed by atoms with Crippen LogP contribution in [0.1, 0.15) is 0 Å². The van der Waals surface area contributed by atoms with Crippen LogP contribution in [-0.4, -0.2) is 28.8 Å². The zero-order valence-electron chi connectivity index (χ0n) is 13.2. The molecule has 0 spiro atoms. The van der Waals surface area contributed by atoms with Crippen molar-refractivity contribution in [2.24, 2.45) is 7.05 Å². The predicted molar refractivity (Wildman–Crippen MR) is 88.4 cm³/mol. The lowest BCUT2D eigenvalue weighted by Crippen LogP contribution is -3.00. The van der Waals surface area contributed by atoms with Crippen LogP contribution < -0.4 is 27.6 Å². The van der Waals surface area contributed by atoms with Crippen molar-refractivity contribution in [2.75, 3.05) is 17.7 Å². The van der Waals surface area contributed by atoms with Gasteiger partial charge in [0.25, 0.3) is 5.91 Å². The van der Waals surface area contributed by atoms with E-state index in [1.54, 1.807) is 27.9 Å². The van der Waals surface area contributed by atoms with Gasteiger partial charge in [0.15, 0.2) is 12.3 Å². The van der Waals surface area contributed by atoms with Gasteiger partial charge in [-0.25, -0.2) is 13.9 Å². The van der Waals surface area contributed by atoms with Gasteiger partial charge in [-0.1, -0.05) is 23.2 Å². The number of halogens is 3. The largest absolute Gasteiger partial charge is 1.00 e. The fraction of sp³-hybridized carbons (Fsp3) is 0.214. The summed E-state index contributed by atoms with van der Waals surface area (Å²) in [6.45, 7) is 0.0394. The number of ether oxygens (including phenoxy) is 1. The van der Waals surface area contributed by atoms with Gasteiger partial charge in [-0.2, -0.15) is 0 Å². The number of rotatable bonds is 4. The first-order chi connectivity index (χ1) is 11.3. The number of aromatic nitrogens is 2. The van der Waals surface area contributed by atoms with Crippen molar-refractivity contribution in [1.29, 1.82) is 0 Å². The fourth-order valence-electron chi connectivity index (χ4n) is 1.92. The molecule has 0 fully saturated rings. The van der Waals surface area contributed by atoms with E-state index < -0.39 is 11.8 Å². The van der Waals surface area contributed by atoms with Crippen LogP contribution in [0.3, 0.4) is 0 Å². The Bertz CT molecular complexity index is 795. The monoisotopic (exact) mass is 408 g/mol. The molecule has 25 heavy (non-hydrogen) atoms. The van der Waals surface area contributed by atoms with Gasteiger partial charge in [0.05, 0.1) is 30.6 Å². The lowest BCUT2D eigenvalue weighted by Gasteiger charge is -2.13. The number of phenols is 1. The Kier molecular flexibility index (Phi) is 7.35. The number of nitrogens with zero attached hydrogens (tertiary/aromatic N) is 2. The molecule has 0 unspecified atom stereocenters. The van der Waals surface area contributed by atoms with Crippen molar-refractivity contribution in [3.8, 4) is 5.75 Å². The van der Waals surface area contributed by atoms with Crippen molar-refractivity contribution >= 4 is 46.6 Å². The maximum atomic E-state index is 12.0. The quantitative estimate of drug-likeness (QED) is 0.452. The highest BCUT2D eigenvalue weighted by molar-refractivity contribution is 6.41. The molecule has 1 aromatic heterocycles. The number of aryl methyl sites for hydroxylation is 1. The summed E-state index contributed by atoms with van der Waals surface area (Å²) in [4.78, 5) is 23.3. The molecule has 0 saturated carbocycles. The number of carbonyl (C=O) groups is 2. The Labute approximate surface area is 159 Å². The SMILES string of the molecule is COC(=O)Nc1c(Cl)cc(NC(=O)Cn2cc[n+](C)c2)c(O)c1Cl.[Cl-]. The van der Waals surface area contributed by atoms with Crippen LogP contribution in [0.5, 0.6) is 5.75 Å². The lowest BCUT2D eigenvalue weighted by atomic mass is 10.2. The van der Waals surface area contributed by atoms with E-state index in [0.717, 1.165) is 0 Å². The molecule has 2 rings (SSSR count). The third-order valence-corrected chi connectivity index (χ3v) is 3.69. The molecule has 0 bridgehead atoms. The molecule has 8 nitrogen and oxygen atoms in total. The maximum absolute atomic E-state index is 12.0. The summed E-state index contributed by atoms with van der Waals surface area (Å²) in [5.41, 5.74) is 0.0139. The number of nitrogens with one attached hydrogen (secondary N) is 2. The van der Waals surface area contributed by atoms with E-state index in [2.05, 4.69) is 15.4 Å². The molecule has 136 valence electrons. The number of methoxy groups -OCH3 is 1. The number of carbonyl (C=O) groups excluding carboxylic acids is 2. The summed E-state index contributed by atoms with van der Waals surface area (Å²) < 4.78 is 7.88. The maximum Gasteiger partial charge on any atom is 0.411 e. The lowest BCUT2D eigenvalue weighted by molar-refractivity contribution is -0.671. The molecule has 3 N–H and O–H groups in total. The van der Waals surface area contributed by atoms with Gasteiger partial charge in [0, 0.05) is 0 Å². The Balaban J connectivity index is 0.00000312. The van der Waals surface area contributed by atoms with Crippen LogP contribution in [0, 0.1) is 0 Å². The van der Waals surface area contributed by atoms with Gasteiger partial charge in [-0.15, -0.1) is 0 Å². The molecular weight excluding hydrogens is 395 g/mol. The highest BCUT2D eigenvalue weighted by Gasteiger charge is 2.19. The van der Waals surface area contributed by atoms with Crippen molar-refractivity contribution in [1.82, 2.24) is 4.57 Å². The molecule has 1 aromatic carbocycles.